The van der Waals surface area contributed by atoms with E-state index >= 15 is 0 Å². The molecule has 0 atom stereocenters. The van der Waals surface area contributed by atoms with E-state index in [-0.39, 0.29) is 5.57 Å². The van der Waals surface area contributed by atoms with Crippen LogP contribution in [0.2, 0.25) is 0 Å². The number of hydrogen-bond acceptors (Lipinski definition) is 4. The number of benzene rings is 1. The summed E-state index contributed by atoms with van der Waals surface area (Å²) in [5.74, 6) is -1.38. The topological polar surface area (TPSA) is 76.7 Å². The van der Waals surface area contributed by atoms with Gasteiger partial charge in [0.05, 0.1) is 25.4 Å². The zero-order chi connectivity index (χ0) is 15.2. The summed E-state index contributed by atoms with van der Waals surface area (Å²) in [4.78, 5) is 23.0. The van der Waals surface area contributed by atoms with Crippen LogP contribution in [-0.4, -0.2) is 24.2 Å². The monoisotopic (exact) mass is 286 g/mol. The van der Waals surface area contributed by atoms with Crippen molar-refractivity contribution in [2.24, 2.45) is 0 Å². The molecule has 1 N–H and O–H groups in total. The summed E-state index contributed by atoms with van der Waals surface area (Å²) in [6.45, 7) is 0. The maximum Gasteiger partial charge on any atom is 0.335 e. The Morgan fingerprint density at radius 3 is 2.38 bits per heavy atom. The number of rotatable bonds is 5. The number of methoxy groups -OCH3 is 1. The van der Waals surface area contributed by atoms with Crippen LogP contribution in [0.1, 0.15) is 17.7 Å². The van der Waals surface area contributed by atoms with Crippen molar-refractivity contribution in [2.75, 3.05) is 7.11 Å². The first-order valence-electron chi connectivity index (χ1n) is 6.26. The summed E-state index contributed by atoms with van der Waals surface area (Å²) >= 11 is 0. The maximum absolute atomic E-state index is 12.0. The molecule has 0 radical (unpaired) electrons. The molecule has 0 fully saturated rings. The second-order valence-corrected chi connectivity index (χ2v) is 4.26. The number of furan rings is 1. The third kappa shape index (κ3) is 3.39. The van der Waals surface area contributed by atoms with Crippen molar-refractivity contribution < 1.29 is 23.8 Å². The molecule has 21 heavy (non-hydrogen) atoms. The van der Waals surface area contributed by atoms with Crippen LogP contribution in [0.4, 0.5) is 0 Å². The molecular formula is C16H14O5. The molecule has 0 amide bonds. The summed E-state index contributed by atoms with van der Waals surface area (Å²) in [5, 5.41) is 9.05. The second-order valence-electron chi connectivity index (χ2n) is 4.26. The lowest BCUT2D eigenvalue weighted by molar-refractivity contribution is -0.141. The minimum Gasteiger partial charge on any atom is -0.481 e. The van der Waals surface area contributed by atoms with E-state index < -0.39 is 18.4 Å². The predicted molar refractivity (Wildman–Crippen MR) is 75.4 cm³/mol. The van der Waals surface area contributed by atoms with Crippen molar-refractivity contribution in [3.63, 3.8) is 0 Å². The Morgan fingerprint density at radius 2 is 1.86 bits per heavy atom. The fraction of sp³-hybridized carbons (Fsp3) is 0.125. The van der Waals surface area contributed by atoms with E-state index in [4.69, 9.17) is 14.3 Å². The third-order valence-electron chi connectivity index (χ3n) is 2.89. The standard InChI is InChI=1S/C16H14O5/c1-20-16(19)12(10-14(17)18)15(13-8-5-9-21-13)11-6-3-2-4-7-11/h2-9H,10H2,1H3,(H,17,18). The van der Waals surface area contributed by atoms with Gasteiger partial charge >= 0.3 is 11.9 Å². The van der Waals surface area contributed by atoms with Gasteiger partial charge in [0, 0.05) is 5.57 Å². The molecule has 0 saturated heterocycles. The van der Waals surface area contributed by atoms with Gasteiger partial charge in [0.2, 0.25) is 0 Å². The van der Waals surface area contributed by atoms with Crippen LogP contribution in [-0.2, 0) is 14.3 Å². The van der Waals surface area contributed by atoms with Crippen molar-refractivity contribution in [1.29, 1.82) is 0 Å². The predicted octanol–water partition coefficient (Wildman–Crippen LogP) is 2.73. The van der Waals surface area contributed by atoms with Crippen molar-refractivity contribution in [3.8, 4) is 0 Å². The van der Waals surface area contributed by atoms with Crippen LogP contribution in [0.5, 0.6) is 0 Å². The first-order chi connectivity index (χ1) is 10.1. The molecular weight excluding hydrogens is 272 g/mol. The molecule has 2 rings (SSSR count). The van der Waals surface area contributed by atoms with Crippen LogP contribution in [0.15, 0.2) is 58.7 Å². The Kier molecular flexibility index (Phi) is 4.56. The molecule has 1 heterocycles. The number of carboxylic acids is 1. The summed E-state index contributed by atoms with van der Waals surface area (Å²) in [7, 11) is 1.22. The van der Waals surface area contributed by atoms with Gasteiger partial charge in [-0.05, 0) is 17.7 Å². The first-order valence-corrected chi connectivity index (χ1v) is 6.26. The molecule has 1 aromatic heterocycles. The van der Waals surface area contributed by atoms with Crippen molar-refractivity contribution in [1.82, 2.24) is 0 Å². The van der Waals surface area contributed by atoms with E-state index in [1.165, 1.54) is 13.4 Å². The minimum atomic E-state index is -1.12. The van der Waals surface area contributed by atoms with Gasteiger partial charge in [-0.15, -0.1) is 0 Å². The molecule has 0 saturated carbocycles. The average Bonchev–Trinajstić information content (AvgIpc) is 3.00. The quantitative estimate of drug-likeness (QED) is 0.675. The number of carbonyl (C=O) groups excluding carboxylic acids is 1. The van der Waals surface area contributed by atoms with E-state index in [1.807, 2.05) is 6.07 Å². The molecule has 0 aliphatic carbocycles. The molecule has 0 spiro atoms. The molecule has 0 aliphatic heterocycles. The van der Waals surface area contributed by atoms with Crippen LogP contribution in [0, 0.1) is 0 Å². The van der Waals surface area contributed by atoms with E-state index in [1.54, 1.807) is 36.4 Å². The average molecular weight is 286 g/mol. The molecule has 2 aromatic rings. The van der Waals surface area contributed by atoms with E-state index in [2.05, 4.69) is 0 Å². The van der Waals surface area contributed by atoms with Gasteiger partial charge in [0.25, 0.3) is 0 Å². The number of hydrogen-bond donors (Lipinski definition) is 1. The number of esters is 1. The summed E-state index contributed by atoms with van der Waals surface area (Å²) in [6.07, 6.45) is 1.02. The van der Waals surface area contributed by atoms with Gasteiger partial charge in [-0.1, -0.05) is 30.3 Å². The van der Waals surface area contributed by atoms with Crippen molar-refractivity contribution in [2.45, 2.75) is 6.42 Å². The Balaban J connectivity index is 2.67. The Morgan fingerprint density at radius 1 is 1.14 bits per heavy atom. The molecule has 0 bridgehead atoms. The van der Waals surface area contributed by atoms with Crippen LogP contribution in [0.25, 0.3) is 5.57 Å². The van der Waals surface area contributed by atoms with Gasteiger partial charge in [-0.2, -0.15) is 0 Å². The number of aliphatic carboxylic acids is 1. The molecule has 5 nitrogen and oxygen atoms in total. The SMILES string of the molecule is COC(=O)C(CC(=O)O)=C(c1ccccc1)c1ccco1. The zero-order valence-electron chi connectivity index (χ0n) is 11.4. The fourth-order valence-corrected chi connectivity index (χ4v) is 2.03. The minimum absolute atomic E-state index is 0.0474. The third-order valence-corrected chi connectivity index (χ3v) is 2.89. The van der Waals surface area contributed by atoms with Crippen LogP contribution < -0.4 is 0 Å². The molecule has 0 unspecified atom stereocenters. The summed E-state index contributed by atoms with van der Waals surface area (Å²) in [5.41, 5.74) is 1.16. The van der Waals surface area contributed by atoms with E-state index in [0.29, 0.717) is 16.9 Å². The number of carboxylic acid groups (broad SMARTS) is 1. The lowest BCUT2D eigenvalue weighted by Crippen LogP contribution is -2.12. The van der Waals surface area contributed by atoms with Gasteiger partial charge in [0.1, 0.15) is 5.76 Å². The molecule has 5 heteroatoms. The van der Waals surface area contributed by atoms with Gasteiger partial charge < -0.3 is 14.3 Å². The van der Waals surface area contributed by atoms with Crippen LogP contribution in [0.3, 0.4) is 0 Å². The Bertz CT molecular complexity index is 653. The smallest absolute Gasteiger partial charge is 0.335 e. The van der Waals surface area contributed by atoms with Gasteiger partial charge in [0.15, 0.2) is 0 Å². The van der Waals surface area contributed by atoms with Gasteiger partial charge in [-0.3, -0.25) is 4.79 Å². The Labute approximate surface area is 121 Å². The first kappa shape index (κ1) is 14.6. The highest BCUT2D eigenvalue weighted by atomic mass is 16.5. The van der Waals surface area contributed by atoms with Crippen molar-refractivity contribution >= 4 is 17.5 Å². The summed E-state index contributed by atoms with van der Waals surface area (Å²) < 4.78 is 10.1. The van der Waals surface area contributed by atoms with Crippen molar-refractivity contribution in [3.05, 3.63) is 65.6 Å². The van der Waals surface area contributed by atoms with Crippen LogP contribution >= 0.6 is 0 Å². The Hall–Kier alpha value is -2.82. The number of ether oxygens (including phenoxy) is 1. The highest BCUT2D eigenvalue weighted by Gasteiger charge is 2.23. The normalized spacial score (nSPS) is 11.7. The van der Waals surface area contributed by atoms with Gasteiger partial charge in [-0.25, -0.2) is 4.79 Å². The highest BCUT2D eigenvalue weighted by Crippen LogP contribution is 2.29. The summed E-state index contributed by atoms with van der Waals surface area (Å²) in [6, 6.07) is 12.3. The molecule has 0 aliphatic rings. The van der Waals surface area contributed by atoms with E-state index in [0.717, 1.165) is 0 Å². The fourth-order valence-electron chi connectivity index (χ4n) is 2.03. The second kappa shape index (κ2) is 6.56. The molecule has 1 aromatic carbocycles. The highest BCUT2D eigenvalue weighted by molar-refractivity contribution is 6.04. The zero-order valence-corrected chi connectivity index (χ0v) is 11.4. The number of carbonyl (C=O) groups is 2. The largest absolute Gasteiger partial charge is 0.481 e. The molecule has 108 valence electrons. The van der Waals surface area contributed by atoms with E-state index in [9.17, 15) is 9.59 Å². The maximum atomic E-state index is 12.0. The lowest BCUT2D eigenvalue weighted by Gasteiger charge is -2.11. The lowest BCUT2D eigenvalue weighted by atomic mass is 9.95.